The van der Waals surface area contributed by atoms with Crippen molar-refractivity contribution in [2.45, 2.75) is 6.42 Å². The molecule has 2 heterocycles. The first kappa shape index (κ1) is 11.7. The molecule has 0 aliphatic rings. The van der Waals surface area contributed by atoms with Crippen molar-refractivity contribution in [2.75, 3.05) is 0 Å². The van der Waals surface area contributed by atoms with Crippen LogP contribution < -0.4 is 0 Å². The third-order valence-electron chi connectivity index (χ3n) is 1.52. The van der Waals surface area contributed by atoms with Gasteiger partial charge in [-0.25, -0.2) is 0 Å². The first-order valence-corrected chi connectivity index (χ1v) is 4.31. The standard InChI is InChI=1S/C7H5NO.C3H4O4/c1-2-7-6(8-4-1)3-5-9-7;4-2(5)1-3(6)7/h1-5H;1H2,(H,4,5)(H,6,7). The number of pyridine rings is 1. The highest BCUT2D eigenvalue weighted by atomic mass is 16.4. The number of carboxylic acids is 2. The fourth-order valence-corrected chi connectivity index (χ4v) is 0.929. The van der Waals surface area contributed by atoms with E-state index in [9.17, 15) is 9.59 Å². The lowest BCUT2D eigenvalue weighted by atomic mass is 10.4. The van der Waals surface area contributed by atoms with Gasteiger partial charge in [0.1, 0.15) is 11.9 Å². The van der Waals surface area contributed by atoms with Crippen LogP contribution in [0.5, 0.6) is 0 Å². The van der Waals surface area contributed by atoms with Gasteiger partial charge in [-0.3, -0.25) is 14.6 Å². The zero-order valence-corrected chi connectivity index (χ0v) is 8.16. The van der Waals surface area contributed by atoms with Gasteiger partial charge in [-0.1, -0.05) is 0 Å². The van der Waals surface area contributed by atoms with Crippen molar-refractivity contribution in [3.8, 4) is 0 Å². The van der Waals surface area contributed by atoms with Gasteiger partial charge >= 0.3 is 11.9 Å². The Labute approximate surface area is 90.1 Å². The predicted molar refractivity (Wildman–Crippen MR) is 53.9 cm³/mol. The van der Waals surface area contributed by atoms with E-state index in [1.54, 1.807) is 12.5 Å². The van der Waals surface area contributed by atoms with E-state index >= 15 is 0 Å². The highest BCUT2D eigenvalue weighted by molar-refractivity contribution is 5.88. The van der Waals surface area contributed by atoms with Crippen LogP contribution in [0.25, 0.3) is 11.1 Å². The molecule has 16 heavy (non-hydrogen) atoms. The van der Waals surface area contributed by atoms with Gasteiger partial charge in [-0.2, -0.15) is 0 Å². The Kier molecular flexibility index (Phi) is 4.02. The second kappa shape index (κ2) is 5.50. The molecular formula is C10H9NO5. The number of carboxylic acid groups (broad SMARTS) is 2. The first-order chi connectivity index (χ1) is 7.59. The van der Waals surface area contributed by atoms with E-state index < -0.39 is 18.4 Å². The summed E-state index contributed by atoms with van der Waals surface area (Å²) in [6, 6.07) is 5.59. The summed E-state index contributed by atoms with van der Waals surface area (Å²) in [5.74, 6) is -2.62. The number of furan rings is 1. The topological polar surface area (TPSA) is 101 Å². The number of aliphatic carboxylic acids is 2. The van der Waals surface area contributed by atoms with Crippen LogP contribution in [0.4, 0.5) is 0 Å². The van der Waals surface area contributed by atoms with E-state index in [1.807, 2.05) is 18.2 Å². The number of fused-ring (bicyclic) bond motifs is 1. The van der Waals surface area contributed by atoms with Crippen molar-refractivity contribution >= 4 is 23.0 Å². The summed E-state index contributed by atoms with van der Waals surface area (Å²) in [6.07, 6.45) is 2.58. The maximum absolute atomic E-state index is 9.43. The molecule has 0 saturated carbocycles. The smallest absolute Gasteiger partial charge is 0.314 e. The van der Waals surface area contributed by atoms with E-state index in [1.165, 1.54) is 0 Å². The lowest BCUT2D eigenvalue weighted by molar-refractivity contribution is -0.147. The second-order valence-corrected chi connectivity index (χ2v) is 2.77. The summed E-state index contributed by atoms with van der Waals surface area (Å²) in [6.45, 7) is 0. The van der Waals surface area contributed by atoms with E-state index in [4.69, 9.17) is 14.6 Å². The van der Waals surface area contributed by atoms with E-state index in [0.717, 1.165) is 11.1 Å². The molecule has 84 valence electrons. The highest BCUT2D eigenvalue weighted by Crippen LogP contribution is 2.09. The van der Waals surface area contributed by atoms with Crippen molar-refractivity contribution in [2.24, 2.45) is 0 Å². The molecule has 6 heteroatoms. The van der Waals surface area contributed by atoms with Crippen LogP contribution in [0.2, 0.25) is 0 Å². The van der Waals surface area contributed by atoms with Crippen LogP contribution in [-0.4, -0.2) is 27.1 Å². The molecule has 0 aromatic carbocycles. The molecule has 0 amide bonds. The molecule has 0 bridgehead atoms. The van der Waals surface area contributed by atoms with Crippen molar-refractivity contribution in [1.29, 1.82) is 0 Å². The summed E-state index contributed by atoms with van der Waals surface area (Å²) in [5.41, 5.74) is 1.76. The zero-order chi connectivity index (χ0) is 12.0. The minimum absolute atomic E-state index is 0.806. The van der Waals surface area contributed by atoms with Crippen LogP contribution in [0.1, 0.15) is 6.42 Å². The summed E-state index contributed by atoms with van der Waals surface area (Å²) >= 11 is 0. The Morgan fingerprint density at radius 3 is 2.44 bits per heavy atom. The van der Waals surface area contributed by atoms with Gasteiger partial charge in [-0.05, 0) is 12.1 Å². The maximum atomic E-state index is 9.43. The molecule has 0 atom stereocenters. The lowest BCUT2D eigenvalue weighted by Crippen LogP contribution is -2.03. The molecule has 0 unspecified atom stereocenters. The number of aromatic nitrogens is 1. The molecule has 6 nitrogen and oxygen atoms in total. The SMILES string of the molecule is O=C(O)CC(=O)O.c1cnc2ccoc2c1. The fourth-order valence-electron chi connectivity index (χ4n) is 0.929. The molecule has 2 aromatic heterocycles. The van der Waals surface area contributed by atoms with Crippen LogP contribution >= 0.6 is 0 Å². The summed E-state index contributed by atoms with van der Waals surface area (Å²) < 4.78 is 5.06. The van der Waals surface area contributed by atoms with Gasteiger partial charge < -0.3 is 14.6 Å². The van der Waals surface area contributed by atoms with Gasteiger partial charge in [0.05, 0.1) is 6.26 Å². The molecule has 0 aliphatic heterocycles. The number of nitrogens with zero attached hydrogens (tertiary/aromatic N) is 1. The molecular weight excluding hydrogens is 214 g/mol. The third-order valence-corrected chi connectivity index (χ3v) is 1.52. The van der Waals surface area contributed by atoms with Crippen LogP contribution in [0, 0.1) is 0 Å². The normalized spacial score (nSPS) is 9.25. The van der Waals surface area contributed by atoms with Gasteiger partial charge in [0, 0.05) is 12.3 Å². The quantitative estimate of drug-likeness (QED) is 0.745. The molecule has 2 aromatic rings. The average Bonchev–Trinajstić information content (AvgIpc) is 2.63. The van der Waals surface area contributed by atoms with E-state index in [0.29, 0.717) is 0 Å². The molecule has 0 spiro atoms. The fraction of sp³-hybridized carbons (Fsp3) is 0.100. The zero-order valence-electron chi connectivity index (χ0n) is 8.16. The van der Waals surface area contributed by atoms with Crippen molar-refractivity contribution in [3.05, 3.63) is 30.7 Å². The monoisotopic (exact) mass is 223 g/mol. The second-order valence-electron chi connectivity index (χ2n) is 2.77. The minimum atomic E-state index is -1.31. The lowest BCUT2D eigenvalue weighted by Gasteiger charge is -1.80. The predicted octanol–water partition coefficient (Wildman–Crippen LogP) is 1.37. The van der Waals surface area contributed by atoms with Crippen LogP contribution in [0.15, 0.2) is 35.1 Å². The van der Waals surface area contributed by atoms with Crippen molar-refractivity contribution in [1.82, 2.24) is 4.98 Å². The molecule has 0 fully saturated rings. The summed E-state index contributed by atoms with van der Waals surface area (Å²) in [7, 11) is 0. The molecule has 0 aliphatic carbocycles. The number of hydrogen-bond donors (Lipinski definition) is 2. The molecule has 2 rings (SSSR count). The highest BCUT2D eigenvalue weighted by Gasteiger charge is 2.01. The Hall–Kier alpha value is -2.37. The number of hydrogen-bond acceptors (Lipinski definition) is 4. The Balaban J connectivity index is 0.000000168. The largest absolute Gasteiger partial charge is 0.481 e. The van der Waals surface area contributed by atoms with Gasteiger partial charge in [0.25, 0.3) is 0 Å². The Morgan fingerprint density at radius 1 is 1.25 bits per heavy atom. The molecule has 0 radical (unpaired) electrons. The van der Waals surface area contributed by atoms with Crippen molar-refractivity contribution < 1.29 is 24.2 Å². The van der Waals surface area contributed by atoms with Gasteiger partial charge in [-0.15, -0.1) is 0 Å². The van der Waals surface area contributed by atoms with Gasteiger partial charge in [0.15, 0.2) is 5.58 Å². The average molecular weight is 223 g/mol. The number of carbonyl (C=O) groups is 2. The molecule has 2 N–H and O–H groups in total. The van der Waals surface area contributed by atoms with Gasteiger partial charge in [0.2, 0.25) is 0 Å². The maximum Gasteiger partial charge on any atom is 0.314 e. The van der Waals surface area contributed by atoms with Crippen molar-refractivity contribution in [3.63, 3.8) is 0 Å². The Bertz CT molecular complexity index is 448. The first-order valence-electron chi connectivity index (χ1n) is 4.31. The minimum Gasteiger partial charge on any atom is -0.481 e. The van der Waals surface area contributed by atoms with E-state index in [2.05, 4.69) is 4.98 Å². The third kappa shape index (κ3) is 3.79. The summed E-state index contributed by atoms with van der Waals surface area (Å²) in [5, 5.41) is 15.4. The summed E-state index contributed by atoms with van der Waals surface area (Å²) in [4.78, 5) is 22.9. The van der Waals surface area contributed by atoms with Crippen LogP contribution in [0.3, 0.4) is 0 Å². The van der Waals surface area contributed by atoms with Crippen LogP contribution in [-0.2, 0) is 9.59 Å². The molecule has 0 saturated heterocycles. The van der Waals surface area contributed by atoms with E-state index in [-0.39, 0.29) is 0 Å². The Morgan fingerprint density at radius 2 is 1.94 bits per heavy atom. The number of rotatable bonds is 2.